The molecule has 16 heteroatoms. The van der Waals surface area contributed by atoms with E-state index in [1.807, 2.05) is 6.07 Å². The van der Waals surface area contributed by atoms with Crippen LogP contribution in [-0.2, 0) is 56.0 Å². The number of phenolic OH excluding ortho intramolecular Hbond substituents is 1. The minimum Gasteiger partial charge on any atom is -0.508 e. The number of carbonyl (C=O) groups excluding carboxylic acids is 5. The van der Waals surface area contributed by atoms with Gasteiger partial charge >= 0.3 is 11.9 Å². The highest BCUT2D eigenvalue weighted by molar-refractivity contribution is 5.95. The molecule has 0 unspecified atom stereocenters. The minimum atomic E-state index is -1.32. The third-order valence-corrected chi connectivity index (χ3v) is 7.46. The van der Waals surface area contributed by atoms with Gasteiger partial charge in [-0.2, -0.15) is 0 Å². The van der Waals surface area contributed by atoms with Gasteiger partial charge in [0.1, 0.15) is 18.1 Å². The van der Waals surface area contributed by atoms with Crippen molar-refractivity contribution in [3.05, 3.63) is 76.2 Å². The highest BCUT2D eigenvalue weighted by Gasteiger charge is 2.31. The molecule has 0 radical (unpaired) electrons. The molecule has 0 aliphatic carbocycles. The summed E-state index contributed by atoms with van der Waals surface area (Å²) in [6, 6.07) is 13.7. The first kappa shape index (κ1) is 41.9. The van der Waals surface area contributed by atoms with Crippen molar-refractivity contribution in [2.24, 2.45) is 17.0 Å². The van der Waals surface area contributed by atoms with Gasteiger partial charge in [0.2, 0.25) is 11.8 Å². The Kier molecular flexibility index (Phi) is 19.7. The van der Waals surface area contributed by atoms with Gasteiger partial charge in [-0.1, -0.05) is 47.6 Å². The van der Waals surface area contributed by atoms with Crippen LogP contribution in [0.3, 0.4) is 0 Å². The number of Topliss-reactive ketones (excluding diaryl/α,β-unsaturated/α-hetero) is 2. The second-order valence-corrected chi connectivity index (χ2v) is 11.7. The van der Waals surface area contributed by atoms with E-state index in [0.29, 0.717) is 5.56 Å². The molecule has 0 saturated carbocycles. The number of hydrogen-bond acceptors (Lipinski definition) is 11. The molecule has 51 heavy (non-hydrogen) atoms. The van der Waals surface area contributed by atoms with Crippen molar-refractivity contribution in [3.8, 4) is 5.75 Å². The number of esters is 1. The molecule has 0 saturated heterocycles. The molecule has 0 spiro atoms. The Morgan fingerprint density at radius 1 is 0.843 bits per heavy atom. The number of aromatic hydroxyl groups is 1. The van der Waals surface area contributed by atoms with E-state index < -0.39 is 60.3 Å². The maximum Gasteiger partial charge on any atom is 0.306 e. The van der Waals surface area contributed by atoms with E-state index in [1.54, 1.807) is 36.4 Å². The van der Waals surface area contributed by atoms with Crippen molar-refractivity contribution in [1.29, 1.82) is 0 Å². The number of carboxylic acid groups (broad SMARTS) is 1. The number of amides is 2. The quantitative estimate of drug-likeness (QED) is 0.0363. The number of aliphatic carboxylic acids is 1. The molecule has 0 aromatic heterocycles. The molecule has 0 fully saturated rings. The fraction of sp³-hybridized carbons (Fsp3) is 0.486. The lowest BCUT2D eigenvalue weighted by molar-refractivity contribution is -0.145. The summed E-state index contributed by atoms with van der Waals surface area (Å²) in [5.41, 5.74) is 9.64. The zero-order chi connectivity index (χ0) is 37.4. The van der Waals surface area contributed by atoms with Crippen LogP contribution in [0.1, 0.15) is 50.2 Å². The average molecular weight is 712 g/mol. The van der Waals surface area contributed by atoms with Crippen molar-refractivity contribution < 1.29 is 53.2 Å². The topological polar surface area (TPSA) is 243 Å². The molecule has 2 rings (SSSR count). The van der Waals surface area contributed by atoms with Gasteiger partial charge in [0.05, 0.1) is 44.8 Å². The van der Waals surface area contributed by atoms with E-state index in [4.69, 9.17) is 19.7 Å². The lowest BCUT2D eigenvalue weighted by Gasteiger charge is -2.23. The van der Waals surface area contributed by atoms with E-state index in [9.17, 15) is 39.0 Å². The Morgan fingerprint density at radius 3 is 2.18 bits per heavy atom. The number of hydrogen-bond donors (Lipinski definition) is 4. The standard InChI is InChI=1S/C35H45N5O11/c1-24(41)19-27(20-25-7-9-29(42)10-8-25)35(48)39-30(11-12-33(46)51-23-26-5-3-2-4-6-26)31(43)21-28(22-32(44)45)34(47)37-13-15-49-17-18-50-16-14-38-40-36/h2-10,27-28,30,42H,11-23H2,1H3,(H,37,47)(H,39,48)(H,44,45)/t27-,28-,30-/m0/s1. The largest absolute Gasteiger partial charge is 0.508 e. The van der Waals surface area contributed by atoms with Crippen molar-refractivity contribution in [3.63, 3.8) is 0 Å². The van der Waals surface area contributed by atoms with E-state index in [2.05, 4.69) is 20.7 Å². The van der Waals surface area contributed by atoms with Crippen LogP contribution in [0.2, 0.25) is 0 Å². The second kappa shape index (κ2) is 23.9. The van der Waals surface area contributed by atoms with Crippen LogP contribution in [0.4, 0.5) is 0 Å². The van der Waals surface area contributed by atoms with E-state index >= 15 is 0 Å². The number of azide groups is 1. The summed E-state index contributed by atoms with van der Waals surface area (Å²) in [5.74, 6) is -6.46. The maximum absolute atomic E-state index is 13.7. The Labute approximate surface area is 295 Å². The third-order valence-electron chi connectivity index (χ3n) is 7.46. The summed E-state index contributed by atoms with van der Waals surface area (Å²) < 4.78 is 15.9. The van der Waals surface area contributed by atoms with Gasteiger partial charge in [-0.15, -0.1) is 0 Å². The molecular formula is C35H45N5O11. The molecule has 276 valence electrons. The van der Waals surface area contributed by atoms with Crippen LogP contribution in [-0.4, -0.2) is 91.1 Å². The predicted octanol–water partition coefficient (Wildman–Crippen LogP) is 3.05. The smallest absolute Gasteiger partial charge is 0.306 e. The average Bonchev–Trinajstić information content (AvgIpc) is 3.10. The van der Waals surface area contributed by atoms with Gasteiger partial charge in [-0.05, 0) is 48.6 Å². The summed E-state index contributed by atoms with van der Waals surface area (Å²) in [6.07, 6.45) is -1.76. The number of ketones is 2. The molecule has 0 heterocycles. The molecule has 2 aromatic carbocycles. The number of ether oxygens (including phenoxy) is 3. The summed E-state index contributed by atoms with van der Waals surface area (Å²) in [4.78, 5) is 79.1. The van der Waals surface area contributed by atoms with Gasteiger partial charge in [0, 0.05) is 43.2 Å². The lowest BCUT2D eigenvalue weighted by atomic mass is 9.90. The summed E-state index contributed by atoms with van der Waals surface area (Å²) in [5, 5.41) is 27.6. The lowest BCUT2D eigenvalue weighted by Crippen LogP contribution is -2.46. The summed E-state index contributed by atoms with van der Waals surface area (Å²) in [7, 11) is 0. The number of nitrogens with one attached hydrogen (secondary N) is 2. The number of carbonyl (C=O) groups is 6. The molecule has 0 aliphatic heterocycles. The van der Waals surface area contributed by atoms with Gasteiger partial charge in [-0.3, -0.25) is 24.0 Å². The first-order valence-electron chi connectivity index (χ1n) is 16.4. The molecule has 2 aromatic rings. The Morgan fingerprint density at radius 2 is 1.53 bits per heavy atom. The number of nitrogens with zero attached hydrogens (tertiary/aromatic N) is 3. The highest BCUT2D eigenvalue weighted by atomic mass is 16.5. The van der Waals surface area contributed by atoms with Gasteiger partial charge in [-0.25, -0.2) is 0 Å². The zero-order valence-electron chi connectivity index (χ0n) is 28.5. The second-order valence-electron chi connectivity index (χ2n) is 11.7. The van der Waals surface area contributed by atoms with Crippen molar-refractivity contribution >= 4 is 35.3 Å². The summed E-state index contributed by atoms with van der Waals surface area (Å²) >= 11 is 0. The molecular weight excluding hydrogens is 666 g/mol. The number of benzene rings is 2. The molecule has 0 aliphatic rings. The van der Waals surface area contributed by atoms with E-state index in [1.165, 1.54) is 19.1 Å². The van der Waals surface area contributed by atoms with Crippen molar-refractivity contribution in [2.45, 2.75) is 58.1 Å². The Bertz CT molecular complexity index is 1480. The molecule has 16 nitrogen and oxygen atoms in total. The monoisotopic (exact) mass is 711 g/mol. The SMILES string of the molecule is CC(=O)C[C@@H](Cc1ccc(O)cc1)C(=O)N[C@@H](CCC(=O)OCc1ccccc1)C(=O)C[C@@H](CC(=O)O)C(=O)NCCOCCOCCN=[N+]=[N-]. The van der Waals surface area contributed by atoms with E-state index in [-0.39, 0.29) is 83.3 Å². The van der Waals surface area contributed by atoms with Gasteiger partial charge in [0.25, 0.3) is 0 Å². The summed E-state index contributed by atoms with van der Waals surface area (Å²) in [6.45, 7) is 2.22. The number of rotatable bonds is 26. The van der Waals surface area contributed by atoms with Crippen LogP contribution in [0, 0.1) is 11.8 Å². The van der Waals surface area contributed by atoms with E-state index in [0.717, 1.165) is 5.56 Å². The molecule has 0 bridgehead atoms. The normalized spacial score (nSPS) is 12.4. The highest BCUT2D eigenvalue weighted by Crippen LogP contribution is 2.19. The van der Waals surface area contributed by atoms with Crippen LogP contribution >= 0.6 is 0 Å². The fourth-order valence-corrected chi connectivity index (χ4v) is 4.91. The first-order chi connectivity index (χ1) is 24.5. The maximum atomic E-state index is 13.7. The predicted molar refractivity (Wildman–Crippen MR) is 182 cm³/mol. The van der Waals surface area contributed by atoms with Gasteiger partial charge < -0.3 is 39.9 Å². The Hall–Kier alpha value is -5.31. The Balaban J connectivity index is 2.10. The fourth-order valence-electron chi connectivity index (χ4n) is 4.91. The minimum absolute atomic E-state index is 0.00697. The number of carboxylic acids is 1. The first-order valence-corrected chi connectivity index (χ1v) is 16.4. The van der Waals surface area contributed by atoms with Crippen LogP contribution < -0.4 is 10.6 Å². The van der Waals surface area contributed by atoms with Crippen LogP contribution in [0.5, 0.6) is 5.75 Å². The molecule has 2 amide bonds. The molecule has 3 atom stereocenters. The van der Waals surface area contributed by atoms with Crippen molar-refractivity contribution in [2.75, 3.05) is 39.5 Å². The molecule has 4 N–H and O–H groups in total. The van der Waals surface area contributed by atoms with Crippen molar-refractivity contribution in [1.82, 2.24) is 10.6 Å². The number of phenols is 1. The van der Waals surface area contributed by atoms with Crippen LogP contribution in [0.15, 0.2) is 59.7 Å². The zero-order valence-corrected chi connectivity index (χ0v) is 28.5. The van der Waals surface area contributed by atoms with Crippen LogP contribution in [0.25, 0.3) is 10.4 Å². The third kappa shape index (κ3) is 18.3. The van der Waals surface area contributed by atoms with Gasteiger partial charge in [0.15, 0.2) is 5.78 Å².